The summed E-state index contributed by atoms with van der Waals surface area (Å²) in [6.45, 7) is 1.34. The van der Waals surface area contributed by atoms with Crippen molar-refractivity contribution in [3.8, 4) is 17.9 Å². The van der Waals surface area contributed by atoms with Gasteiger partial charge in [-0.2, -0.15) is 18.4 Å². The molecule has 2 aromatic rings. The third kappa shape index (κ3) is 4.49. The van der Waals surface area contributed by atoms with Crippen molar-refractivity contribution in [2.75, 3.05) is 0 Å². The van der Waals surface area contributed by atoms with Crippen LogP contribution >= 0.6 is 0 Å². The molecular weight excluding hydrogens is 386 g/mol. The number of ether oxygens (including phenoxy) is 1. The van der Waals surface area contributed by atoms with Gasteiger partial charge in [0.15, 0.2) is 6.04 Å². The second kappa shape index (κ2) is 7.48. The summed E-state index contributed by atoms with van der Waals surface area (Å²) in [4.78, 5) is 3.29. The molecule has 8 heteroatoms. The first-order chi connectivity index (χ1) is 13.6. The van der Waals surface area contributed by atoms with E-state index in [0.717, 1.165) is 6.07 Å². The Morgan fingerprint density at radius 1 is 1.10 bits per heavy atom. The second-order valence-electron chi connectivity index (χ2n) is 6.70. The third-order valence-corrected chi connectivity index (χ3v) is 4.47. The van der Waals surface area contributed by atoms with E-state index in [-0.39, 0.29) is 5.56 Å². The average molecular weight is 401 g/mol. The van der Waals surface area contributed by atoms with Gasteiger partial charge in [0, 0.05) is 23.1 Å². The zero-order valence-corrected chi connectivity index (χ0v) is 15.2. The molecule has 29 heavy (non-hydrogen) atoms. The Morgan fingerprint density at radius 2 is 1.69 bits per heavy atom. The first-order valence-electron chi connectivity index (χ1n) is 8.52. The fraction of sp³-hybridized carbons (Fsp3) is 0.238. The molecule has 2 aromatic carbocycles. The van der Waals surface area contributed by atoms with Crippen LogP contribution < -0.4 is 5.73 Å². The van der Waals surface area contributed by atoms with E-state index in [4.69, 9.17) is 15.7 Å². The molecule has 1 aliphatic rings. The highest BCUT2D eigenvalue weighted by Crippen LogP contribution is 2.40. The zero-order valence-electron chi connectivity index (χ0n) is 15.2. The van der Waals surface area contributed by atoms with Gasteiger partial charge in [0.1, 0.15) is 11.4 Å². The molecule has 1 aliphatic heterocycles. The molecule has 4 nitrogen and oxygen atoms in total. The molecule has 0 saturated carbocycles. The first kappa shape index (κ1) is 20.2. The van der Waals surface area contributed by atoms with Gasteiger partial charge < -0.3 is 10.5 Å². The van der Waals surface area contributed by atoms with Crippen molar-refractivity contribution in [3.63, 3.8) is 0 Å². The van der Waals surface area contributed by atoms with Crippen molar-refractivity contribution in [1.29, 1.82) is 5.26 Å². The number of amidine groups is 1. The Bertz CT molecular complexity index is 1060. The van der Waals surface area contributed by atoms with Crippen LogP contribution in [0.15, 0.2) is 47.5 Å². The van der Waals surface area contributed by atoms with Crippen LogP contribution in [-0.2, 0) is 10.3 Å². The van der Waals surface area contributed by atoms with Crippen LogP contribution in [0.2, 0.25) is 0 Å². The number of hydrogen-bond donors (Lipinski definition) is 1. The van der Waals surface area contributed by atoms with Crippen LogP contribution in [0.1, 0.15) is 35.6 Å². The highest BCUT2D eigenvalue weighted by molar-refractivity contribution is 5.73. The van der Waals surface area contributed by atoms with Crippen molar-refractivity contribution in [2.24, 2.45) is 10.7 Å². The van der Waals surface area contributed by atoms with Crippen molar-refractivity contribution in [3.05, 3.63) is 70.5 Å². The van der Waals surface area contributed by atoms with E-state index in [1.807, 2.05) is 6.07 Å². The Morgan fingerprint density at radius 3 is 2.31 bits per heavy atom. The second-order valence-corrected chi connectivity index (χ2v) is 6.70. The number of nitriles is 1. The SMILES string of the molecule is C[C@@]1(c2cc(C#Cc3ccc(C#N)cc3)ccc2F)C[C@@H](C(F)(F)F)N=C(N)O1. The Hall–Kier alpha value is -3.52. The number of benzene rings is 2. The molecule has 1 heterocycles. The predicted molar refractivity (Wildman–Crippen MR) is 98.1 cm³/mol. The summed E-state index contributed by atoms with van der Waals surface area (Å²) in [7, 11) is 0. The molecule has 2 N–H and O–H groups in total. The summed E-state index contributed by atoms with van der Waals surface area (Å²) < 4.78 is 59.3. The normalized spacial score (nSPS) is 21.2. The van der Waals surface area contributed by atoms with Crippen LogP contribution in [0.3, 0.4) is 0 Å². The number of aliphatic imine (C=N–C) groups is 1. The summed E-state index contributed by atoms with van der Waals surface area (Å²) in [5.41, 5.74) is 5.20. The Balaban J connectivity index is 1.94. The minimum atomic E-state index is -4.63. The van der Waals surface area contributed by atoms with Gasteiger partial charge in [-0.3, -0.25) is 0 Å². The molecule has 0 spiro atoms. The van der Waals surface area contributed by atoms with E-state index >= 15 is 0 Å². The molecule has 0 bridgehead atoms. The lowest BCUT2D eigenvalue weighted by atomic mass is 9.86. The Kier molecular flexibility index (Phi) is 5.21. The number of nitrogens with two attached hydrogens (primary N) is 1. The van der Waals surface area contributed by atoms with E-state index in [1.165, 1.54) is 19.1 Å². The van der Waals surface area contributed by atoms with Crippen molar-refractivity contribution in [2.45, 2.75) is 31.2 Å². The highest BCUT2D eigenvalue weighted by atomic mass is 19.4. The monoisotopic (exact) mass is 401 g/mol. The number of hydrogen-bond acceptors (Lipinski definition) is 4. The number of rotatable bonds is 1. The lowest BCUT2D eigenvalue weighted by Gasteiger charge is -2.37. The summed E-state index contributed by atoms with van der Waals surface area (Å²) in [6.07, 6.45) is -5.24. The van der Waals surface area contributed by atoms with E-state index in [1.54, 1.807) is 24.3 Å². The van der Waals surface area contributed by atoms with Gasteiger partial charge >= 0.3 is 6.18 Å². The minimum absolute atomic E-state index is 0.0868. The maximum atomic E-state index is 14.5. The van der Waals surface area contributed by atoms with Gasteiger partial charge in [-0.15, -0.1) is 0 Å². The van der Waals surface area contributed by atoms with E-state index in [0.29, 0.717) is 16.7 Å². The van der Waals surface area contributed by atoms with Gasteiger partial charge in [-0.05, 0) is 49.4 Å². The number of alkyl halides is 3. The minimum Gasteiger partial charge on any atom is -0.454 e. The van der Waals surface area contributed by atoms with Crippen LogP contribution in [0.25, 0.3) is 0 Å². The molecule has 0 unspecified atom stereocenters. The number of nitrogens with zero attached hydrogens (tertiary/aromatic N) is 2. The topological polar surface area (TPSA) is 71.4 Å². The van der Waals surface area contributed by atoms with Crippen LogP contribution in [-0.4, -0.2) is 18.2 Å². The predicted octanol–water partition coefficient (Wildman–Crippen LogP) is 3.98. The fourth-order valence-electron chi connectivity index (χ4n) is 3.00. The van der Waals surface area contributed by atoms with Crippen LogP contribution in [0.5, 0.6) is 0 Å². The van der Waals surface area contributed by atoms with Crippen molar-refractivity contribution in [1.82, 2.24) is 0 Å². The van der Waals surface area contributed by atoms with E-state index in [9.17, 15) is 17.6 Å². The number of halogens is 4. The van der Waals surface area contributed by atoms with Crippen molar-refractivity contribution < 1.29 is 22.3 Å². The molecule has 0 fully saturated rings. The van der Waals surface area contributed by atoms with Gasteiger partial charge in [-0.25, -0.2) is 9.38 Å². The summed E-state index contributed by atoms with van der Waals surface area (Å²) >= 11 is 0. The molecule has 3 rings (SSSR count). The molecule has 148 valence electrons. The third-order valence-electron chi connectivity index (χ3n) is 4.47. The van der Waals surface area contributed by atoms with Gasteiger partial charge in [0.05, 0.1) is 11.6 Å². The lowest BCUT2D eigenvalue weighted by Crippen LogP contribution is -2.46. The van der Waals surface area contributed by atoms with E-state index < -0.39 is 36.1 Å². The molecule has 2 atom stereocenters. The largest absolute Gasteiger partial charge is 0.454 e. The molecule has 0 radical (unpaired) electrons. The standard InChI is InChI=1S/C21H15F4N3O/c1-20(11-18(21(23,24)25)28-19(27)29-20)16-10-14(8-9-17(16)22)5-2-13-3-6-15(12-26)7-4-13/h3-4,6-10,18H,11H2,1H3,(H2,27,28)/t18-,20-/m0/s1. The zero-order chi connectivity index (χ0) is 21.2. The smallest absolute Gasteiger partial charge is 0.411 e. The average Bonchev–Trinajstić information content (AvgIpc) is 2.66. The van der Waals surface area contributed by atoms with Crippen LogP contribution in [0.4, 0.5) is 17.6 Å². The molecule has 0 aliphatic carbocycles. The maximum Gasteiger partial charge on any atom is 0.411 e. The summed E-state index contributed by atoms with van der Waals surface area (Å²) in [5.74, 6) is 4.97. The lowest BCUT2D eigenvalue weighted by molar-refractivity contribution is -0.164. The van der Waals surface area contributed by atoms with Crippen molar-refractivity contribution >= 4 is 6.02 Å². The molecule has 0 amide bonds. The van der Waals surface area contributed by atoms with Gasteiger partial charge in [0.2, 0.25) is 0 Å². The quantitative estimate of drug-likeness (QED) is 0.581. The summed E-state index contributed by atoms with van der Waals surface area (Å²) in [6, 6.07) is 9.68. The molecule has 0 aromatic heterocycles. The molecular formula is C21H15F4N3O. The summed E-state index contributed by atoms with van der Waals surface area (Å²) in [5, 5.41) is 8.81. The molecule has 0 saturated heterocycles. The first-order valence-corrected chi connectivity index (χ1v) is 8.52. The highest BCUT2D eigenvalue weighted by Gasteiger charge is 2.49. The maximum absolute atomic E-state index is 14.5. The van der Waals surface area contributed by atoms with Gasteiger partial charge in [0.25, 0.3) is 6.02 Å². The van der Waals surface area contributed by atoms with E-state index in [2.05, 4.69) is 16.8 Å². The fourth-order valence-corrected chi connectivity index (χ4v) is 3.00. The Labute approximate surface area is 164 Å². The van der Waals surface area contributed by atoms with Crippen LogP contribution in [0, 0.1) is 29.0 Å². The van der Waals surface area contributed by atoms with Gasteiger partial charge in [-0.1, -0.05) is 11.8 Å².